The minimum absolute atomic E-state index is 0.0504. The minimum atomic E-state index is -0.633. The number of unbranched alkanes of at least 4 members (excludes halogenated alkanes) is 5. The lowest BCUT2D eigenvalue weighted by Crippen LogP contribution is -2.05. The molecule has 0 bridgehead atoms. The smallest absolute Gasteiger partial charge is 0.336 e. The van der Waals surface area contributed by atoms with Gasteiger partial charge in [-0.3, -0.25) is 10.1 Å². The first-order valence-electron chi connectivity index (χ1n) is 8.52. The average molecular weight is 368 g/mol. The van der Waals surface area contributed by atoms with Crippen LogP contribution < -0.4 is 4.74 Å². The standard InChI is InChI=1S/C10H9NO4.C8H18.HNO2/c1-2-5-10(12)15-9-7-4-3-6-8(9)11(13)14;1-3-5-7-8-6-4-2;2-1-3/h2-7H,1H3;3-8H2,1-2H3;(H,2,3)/b5-2+;;. The highest BCUT2D eigenvalue weighted by atomic mass is 16.6. The lowest BCUT2D eigenvalue weighted by atomic mass is 10.1. The van der Waals surface area contributed by atoms with Crippen LogP contribution in [0.4, 0.5) is 5.69 Å². The number of esters is 1. The molecule has 1 rings (SSSR count). The molecule has 0 aliphatic heterocycles. The first kappa shape index (κ1) is 25.5. The highest BCUT2D eigenvalue weighted by molar-refractivity contribution is 5.84. The summed E-state index contributed by atoms with van der Waals surface area (Å²) in [5.74, 6) is -0.683. The molecule has 1 aromatic rings. The fraction of sp³-hybridized carbons (Fsp3) is 0.500. The summed E-state index contributed by atoms with van der Waals surface area (Å²) < 4.78 is 4.78. The molecule has 0 spiro atoms. The zero-order chi connectivity index (χ0) is 20.2. The van der Waals surface area contributed by atoms with Crippen LogP contribution in [0.3, 0.4) is 0 Å². The SMILES string of the molecule is C/C=C/C(=O)Oc1ccccc1[N+](=O)[O-].CCCCCCCC.O=NO. The normalized spacial score (nSPS) is 9.35. The lowest BCUT2D eigenvalue weighted by molar-refractivity contribution is -0.385. The molecule has 0 saturated heterocycles. The van der Waals surface area contributed by atoms with E-state index in [0.717, 1.165) is 0 Å². The molecule has 0 saturated carbocycles. The van der Waals surface area contributed by atoms with Crippen molar-refractivity contribution in [1.82, 2.24) is 0 Å². The van der Waals surface area contributed by atoms with Crippen LogP contribution in [0.2, 0.25) is 0 Å². The van der Waals surface area contributed by atoms with Gasteiger partial charge in [0.05, 0.1) is 4.92 Å². The van der Waals surface area contributed by atoms with Gasteiger partial charge in [-0.15, -0.1) is 4.91 Å². The molecule has 26 heavy (non-hydrogen) atoms. The Kier molecular flexibility index (Phi) is 18.2. The van der Waals surface area contributed by atoms with Crippen molar-refractivity contribution in [3.8, 4) is 5.75 Å². The highest BCUT2D eigenvalue weighted by Gasteiger charge is 2.15. The number of rotatable bonds is 8. The van der Waals surface area contributed by atoms with E-state index in [2.05, 4.69) is 13.8 Å². The molecule has 0 heterocycles. The maximum Gasteiger partial charge on any atom is 0.336 e. The molecule has 1 N–H and O–H groups in total. The third-order valence-electron chi connectivity index (χ3n) is 3.03. The van der Waals surface area contributed by atoms with Gasteiger partial charge in [-0.2, -0.15) is 0 Å². The number of hydrogen-bond donors (Lipinski definition) is 1. The van der Waals surface area contributed by atoms with Crippen LogP contribution in [-0.4, -0.2) is 16.1 Å². The van der Waals surface area contributed by atoms with Crippen LogP contribution in [0.15, 0.2) is 41.8 Å². The maximum atomic E-state index is 11.1. The molecular weight excluding hydrogens is 340 g/mol. The Morgan fingerprint density at radius 2 is 1.69 bits per heavy atom. The monoisotopic (exact) mass is 368 g/mol. The van der Waals surface area contributed by atoms with Crippen LogP contribution >= 0.6 is 0 Å². The van der Waals surface area contributed by atoms with Crippen molar-refractivity contribution in [2.75, 3.05) is 0 Å². The van der Waals surface area contributed by atoms with Gasteiger partial charge in [-0.1, -0.05) is 70.6 Å². The summed E-state index contributed by atoms with van der Waals surface area (Å²) in [6.45, 7) is 6.17. The van der Waals surface area contributed by atoms with E-state index in [9.17, 15) is 14.9 Å². The topological polar surface area (TPSA) is 119 Å². The largest absolute Gasteiger partial charge is 0.416 e. The Morgan fingerprint density at radius 3 is 2.12 bits per heavy atom. The molecule has 8 nitrogen and oxygen atoms in total. The number of carbonyl (C=O) groups is 1. The molecule has 0 aromatic heterocycles. The zero-order valence-electron chi connectivity index (χ0n) is 15.6. The minimum Gasteiger partial charge on any atom is -0.416 e. The number of nitro benzene ring substituents is 1. The van der Waals surface area contributed by atoms with Crippen LogP contribution in [0, 0.1) is 15.0 Å². The number of benzene rings is 1. The molecule has 0 unspecified atom stereocenters. The van der Waals surface area contributed by atoms with Crippen molar-refractivity contribution < 1.29 is 19.7 Å². The predicted octanol–water partition coefficient (Wildman–Crippen LogP) is 5.59. The summed E-state index contributed by atoms with van der Waals surface area (Å²) >= 11 is 0. The number of para-hydroxylation sites is 2. The molecule has 0 amide bonds. The van der Waals surface area contributed by atoms with Crippen molar-refractivity contribution >= 4 is 11.7 Å². The van der Waals surface area contributed by atoms with Gasteiger partial charge < -0.3 is 9.94 Å². The molecular formula is C18H28N2O6. The van der Waals surface area contributed by atoms with Gasteiger partial charge in [0.25, 0.3) is 0 Å². The van der Waals surface area contributed by atoms with Gasteiger partial charge in [-0.25, -0.2) is 4.79 Å². The van der Waals surface area contributed by atoms with Crippen molar-refractivity contribution in [2.24, 2.45) is 5.34 Å². The number of hydrogen-bond acceptors (Lipinski definition) is 6. The number of carbonyl (C=O) groups excluding carboxylic acids is 1. The van der Waals surface area contributed by atoms with E-state index in [0.29, 0.717) is 0 Å². The van der Waals surface area contributed by atoms with Gasteiger partial charge in [-0.05, 0) is 13.0 Å². The highest BCUT2D eigenvalue weighted by Crippen LogP contribution is 2.25. The van der Waals surface area contributed by atoms with E-state index in [4.69, 9.17) is 14.9 Å². The van der Waals surface area contributed by atoms with Gasteiger partial charge in [0, 0.05) is 12.1 Å². The number of ether oxygens (including phenoxy) is 1. The predicted molar refractivity (Wildman–Crippen MR) is 100 cm³/mol. The first-order valence-corrected chi connectivity index (χ1v) is 8.52. The Hall–Kier alpha value is -2.77. The summed E-state index contributed by atoms with van der Waals surface area (Å²) in [5, 5.41) is 18.4. The number of allylic oxidation sites excluding steroid dienone is 1. The average Bonchev–Trinajstić information content (AvgIpc) is 2.60. The maximum absolute atomic E-state index is 11.1. The molecule has 0 aliphatic rings. The summed E-state index contributed by atoms with van der Waals surface area (Å²) in [6.07, 6.45) is 11.2. The van der Waals surface area contributed by atoms with Gasteiger partial charge in [0.1, 0.15) is 0 Å². The second-order valence-corrected chi connectivity index (χ2v) is 5.14. The van der Waals surface area contributed by atoms with E-state index >= 15 is 0 Å². The third kappa shape index (κ3) is 14.8. The van der Waals surface area contributed by atoms with Crippen LogP contribution in [0.25, 0.3) is 0 Å². The quantitative estimate of drug-likeness (QED) is 0.122. The van der Waals surface area contributed by atoms with Crippen LogP contribution in [-0.2, 0) is 4.79 Å². The van der Waals surface area contributed by atoms with Crippen LogP contribution in [0.5, 0.6) is 5.75 Å². The second-order valence-electron chi connectivity index (χ2n) is 5.14. The first-order chi connectivity index (χ1) is 12.5. The zero-order valence-corrected chi connectivity index (χ0v) is 15.6. The van der Waals surface area contributed by atoms with Gasteiger partial charge >= 0.3 is 11.7 Å². The Labute approximate surface area is 154 Å². The molecule has 0 radical (unpaired) electrons. The molecule has 1 aromatic carbocycles. The summed E-state index contributed by atoms with van der Waals surface area (Å²) in [4.78, 5) is 29.1. The van der Waals surface area contributed by atoms with Crippen molar-refractivity contribution in [3.63, 3.8) is 0 Å². The van der Waals surface area contributed by atoms with Gasteiger partial charge in [0.15, 0.2) is 5.34 Å². The molecule has 0 fully saturated rings. The van der Waals surface area contributed by atoms with Crippen molar-refractivity contribution in [1.29, 1.82) is 0 Å². The van der Waals surface area contributed by atoms with E-state index in [1.807, 2.05) is 0 Å². The number of nitrogens with zero attached hydrogens (tertiary/aromatic N) is 2. The van der Waals surface area contributed by atoms with Gasteiger partial charge in [0.2, 0.25) is 5.75 Å². The van der Waals surface area contributed by atoms with Crippen molar-refractivity contribution in [3.05, 3.63) is 51.4 Å². The summed E-state index contributed by atoms with van der Waals surface area (Å²) in [6, 6.07) is 5.72. The van der Waals surface area contributed by atoms with Crippen LogP contribution in [0.1, 0.15) is 59.3 Å². The Bertz CT molecular complexity index is 540. The van der Waals surface area contributed by atoms with Crippen molar-refractivity contribution in [2.45, 2.75) is 59.3 Å². The summed E-state index contributed by atoms with van der Waals surface area (Å²) in [5.41, 5.74) is -0.227. The Morgan fingerprint density at radius 1 is 1.19 bits per heavy atom. The molecule has 8 heteroatoms. The summed E-state index contributed by atoms with van der Waals surface area (Å²) in [7, 11) is 0. The fourth-order valence-corrected chi connectivity index (χ4v) is 1.83. The number of nitro groups is 1. The second kappa shape index (κ2) is 18.6. The van der Waals surface area contributed by atoms with E-state index < -0.39 is 10.9 Å². The lowest BCUT2D eigenvalue weighted by Gasteiger charge is -2.01. The molecule has 0 aliphatic carbocycles. The van der Waals surface area contributed by atoms with E-state index in [-0.39, 0.29) is 11.4 Å². The fourth-order valence-electron chi connectivity index (χ4n) is 1.83. The Balaban J connectivity index is 0. The van der Waals surface area contributed by atoms with E-state index in [1.54, 1.807) is 13.0 Å². The van der Waals surface area contributed by atoms with E-state index in [1.165, 1.54) is 74.2 Å². The molecule has 0 atom stereocenters. The third-order valence-corrected chi connectivity index (χ3v) is 3.03. The molecule has 146 valence electrons.